The maximum atomic E-state index is 4.18. The van der Waals surface area contributed by atoms with Crippen LogP contribution in [0.4, 0.5) is 0 Å². The quantitative estimate of drug-likeness (QED) is 0.771. The number of aromatic amines is 1. The third kappa shape index (κ3) is 2.22. The molecule has 1 aromatic carbocycles. The van der Waals surface area contributed by atoms with Gasteiger partial charge < -0.3 is 4.98 Å². The van der Waals surface area contributed by atoms with Crippen molar-refractivity contribution in [1.29, 1.82) is 0 Å². The SMILES string of the molecule is CCN(CC)Cc1c[nH]c2cc3cnccc3cc12. The molecule has 0 bridgehead atoms. The zero-order valence-corrected chi connectivity index (χ0v) is 11.5. The summed E-state index contributed by atoms with van der Waals surface area (Å²) in [5.41, 5.74) is 2.57. The van der Waals surface area contributed by atoms with Crippen LogP contribution in [0.15, 0.2) is 36.8 Å². The molecule has 0 fully saturated rings. The van der Waals surface area contributed by atoms with Crippen LogP contribution in [0.5, 0.6) is 0 Å². The van der Waals surface area contributed by atoms with Crippen LogP contribution in [0.25, 0.3) is 21.7 Å². The molecule has 3 nitrogen and oxygen atoms in total. The maximum Gasteiger partial charge on any atom is 0.0464 e. The average molecular weight is 253 g/mol. The van der Waals surface area contributed by atoms with E-state index in [4.69, 9.17) is 0 Å². The van der Waals surface area contributed by atoms with Crippen LogP contribution in [0.1, 0.15) is 19.4 Å². The van der Waals surface area contributed by atoms with Gasteiger partial charge in [0.2, 0.25) is 0 Å². The molecule has 0 saturated heterocycles. The van der Waals surface area contributed by atoms with E-state index in [9.17, 15) is 0 Å². The predicted octanol–water partition coefficient (Wildman–Crippen LogP) is 3.56. The summed E-state index contributed by atoms with van der Waals surface area (Å²) in [5, 5.41) is 3.76. The van der Waals surface area contributed by atoms with Crippen LogP contribution in [0.2, 0.25) is 0 Å². The summed E-state index contributed by atoms with van der Waals surface area (Å²) < 4.78 is 0. The van der Waals surface area contributed by atoms with Crippen molar-refractivity contribution in [3.05, 3.63) is 42.4 Å². The van der Waals surface area contributed by atoms with E-state index in [0.29, 0.717) is 0 Å². The lowest BCUT2D eigenvalue weighted by atomic mass is 10.1. The number of H-pyrrole nitrogens is 1. The van der Waals surface area contributed by atoms with Crippen molar-refractivity contribution in [2.24, 2.45) is 0 Å². The van der Waals surface area contributed by atoms with Crippen molar-refractivity contribution < 1.29 is 0 Å². The highest BCUT2D eigenvalue weighted by Crippen LogP contribution is 2.25. The summed E-state index contributed by atoms with van der Waals surface area (Å²) in [6.45, 7) is 7.59. The molecule has 19 heavy (non-hydrogen) atoms. The lowest BCUT2D eigenvalue weighted by Crippen LogP contribution is -2.21. The minimum Gasteiger partial charge on any atom is -0.361 e. The van der Waals surface area contributed by atoms with E-state index in [1.807, 2.05) is 12.4 Å². The molecule has 1 N–H and O–H groups in total. The van der Waals surface area contributed by atoms with Crippen LogP contribution in [-0.4, -0.2) is 28.0 Å². The highest BCUT2D eigenvalue weighted by atomic mass is 15.1. The Balaban J connectivity index is 2.08. The standard InChI is InChI=1S/C16H19N3/c1-3-19(4-2)11-14-10-18-16-8-13-9-17-6-5-12(13)7-15(14)16/h5-10,18H,3-4,11H2,1-2H3. The first kappa shape index (κ1) is 12.2. The molecule has 0 aliphatic rings. The Bertz CT molecular complexity index is 695. The van der Waals surface area contributed by atoms with Crippen molar-refractivity contribution >= 4 is 21.7 Å². The fourth-order valence-electron chi connectivity index (χ4n) is 2.58. The molecular formula is C16H19N3. The molecule has 0 spiro atoms. The highest BCUT2D eigenvalue weighted by molar-refractivity contribution is 5.97. The van der Waals surface area contributed by atoms with Gasteiger partial charge in [-0.25, -0.2) is 0 Å². The number of hydrogen-bond acceptors (Lipinski definition) is 2. The third-order valence-electron chi connectivity index (χ3n) is 3.81. The van der Waals surface area contributed by atoms with Crippen molar-refractivity contribution in [2.75, 3.05) is 13.1 Å². The Morgan fingerprint density at radius 2 is 2.00 bits per heavy atom. The minimum absolute atomic E-state index is 1.00. The minimum atomic E-state index is 1.00. The number of pyridine rings is 1. The number of hydrogen-bond donors (Lipinski definition) is 1. The van der Waals surface area contributed by atoms with Gasteiger partial charge >= 0.3 is 0 Å². The topological polar surface area (TPSA) is 31.9 Å². The second kappa shape index (κ2) is 5.02. The molecular weight excluding hydrogens is 234 g/mol. The highest BCUT2D eigenvalue weighted by Gasteiger charge is 2.08. The van der Waals surface area contributed by atoms with Crippen molar-refractivity contribution in [2.45, 2.75) is 20.4 Å². The summed E-state index contributed by atoms with van der Waals surface area (Å²) in [6, 6.07) is 6.52. The molecule has 0 atom stereocenters. The molecule has 3 aromatic rings. The van der Waals surface area contributed by atoms with Crippen molar-refractivity contribution in [3.63, 3.8) is 0 Å². The van der Waals surface area contributed by atoms with E-state index < -0.39 is 0 Å². The van der Waals surface area contributed by atoms with Gasteiger partial charge in [-0.15, -0.1) is 0 Å². The smallest absolute Gasteiger partial charge is 0.0464 e. The number of benzene rings is 1. The molecule has 0 unspecified atom stereocenters. The predicted molar refractivity (Wildman–Crippen MR) is 80.2 cm³/mol. The molecule has 0 amide bonds. The van der Waals surface area contributed by atoms with Gasteiger partial charge in [-0.2, -0.15) is 0 Å². The zero-order valence-electron chi connectivity index (χ0n) is 11.5. The van der Waals surface area contributed by atoms with E-state index in [1.54, 1.807) is 0 Å². The molecule has 3 rings (SSSR count). The lowest BCUT2D eigenvalue weighted by molar-refractivity contribution is 0.297. The number of fused-ring (bicyclic) bond motifs is 2. The molecule has 0 radical (unpaired) electrons. The fourth-order valence-corrected chi connectivity index (χ4v) is 2.58. The van der Waals surface area contributed by atoms with Crippen LogP contribution >= 0.6 is 0 Å². The average Bonchev–Trinajstić information content (AvgIpc) is 2.84. The van der Waals surface area contributed by atoms with Gasteiger partial charge in [0.1, 0.15) is 0 Å². The van der Waals surface area contributed by atoms with E-state index in [-0.39, 0.29) is 0 Å². The van der Waals surface area contributed by atoms with Gasteiger partial charge in [0, 0.05) is 41.4 Å². The Morgan fingerprint density at radius 3 is 2.79 bits per heavy atom. The van der Waals surface area contributed by atoms with Gasteiger partial charge in [-0.3, -0.25) is 9.88 Å². The number of aromatic nitrogens is 2. The monoisotopic (exact) mass is 253 g/mol. The van der Waals surface area contributed by atoms with Gasteiger partial charge in [0.15, 0.2) is 0 Å². The first-order valence-electron chi connectivity index (χ1n) is 6.88. The van der Waals surface area contributed by atoms with Crippen LogP contribution in [0.3, 0.4) is 0 Å². The lowest BCUT2D eigenvalue weighted by Gasteiger charge is -2.17. The van der Waals surface area contributed by atoms with Crippen molar-refractivity contribution in [3.8, 4) is 0 Å². The second-order valence-corrected chi connectivity index (χ2v) is 4.90. The van der Waals surface area contributed by atoms with Gasteiger partial charge in [-0.1, -0.05) is 13.8 Å². The van der Waals surface area contributed by atoms with Gasteiger partial charge in [0.25, 0.3) is 0 Å². The summed E-state index contributed by atoms with van der Waals surface area (Å²) in [5.74, 6) is 0. The molecule has 2 aromatic heterocycles. The Morgan fingerprint density at radius 1 is 1.16 bits per heavy atom. The molecule has 98 valence electrons. The summed E-state index contributed by atoms with van der Waals surface area (Å²) >= 11 is 0. The van der Waals surface area contributed by atoms with E-state index in [0.717, 1.165) is 19.6 Å². The normalized spacial score (nSPS) is 11.7. The Hall–Kier alpha value is -1.87. The van der Waals surface area contributed by atoms with E-state index >= 15 is 0 Å². The number of nitrogens with one attached hydrogen (secondary N) is 1. The van der Waals surface area contributed by atoms with Crippen LogP contribution < -0.4 is 0 Å². The van der Waals surface area contributed by atoms with Gasteiger partial charge in [-0.05, 0) is 42.2 Å². The zero-order chi connectivity index (χ0) is 13.2. The molecule has 2 heterocycles. The summed E-state index contributed by atoms with van der Waals surface area (Å²) in [7, 11) is 0. The summed E-state index contributed by atoms with van der Waals surface area (Å²) in [6.07, 6.45) is 5.90. The molecule has 0 aliphatic heterocycles. The van der Waals surface area contributed by atoms with Crippen molar-refractivity contribution in [1.82, 2.24) is 14.9 Å². The largest absolute Gasteiger partial charge is 0.361 e. The maximum absolute atomic E-state index is 4.18. The molecule has 0 saturated carbocycles. The molecule has 0 aliphatic carbocycles. The fraction of sp³-hybridized carbons (Fsp3) is 0.312. The molecule has 3 heteroatoms. The first-order valence-corrected chi connectivity index (χ1v) is 6.88. The first-order chi connectivity index (χ1) is 9.31. The van der Waals surface area contributed by atoms with Crippen LogP contribution in [0, 0.1) is 0 Å². The van der Waals surface area contributed by atoms with E-state index in [2.05, 4.69) is 53.1 Å². The number of nitrogens with zero attached hydrogens (tertiary/aromatic N) is 2. The Kier molecular flexibility index (Phi) is 3.22. The van der Waals surface area contributed by atoms with Gasteiger partial charge in [0.05, 0.1) is 0 Å². The third-order valence-corrected chi connectivity index (χ3v) is 3.81. The Labute approximate surface area is 113 Å². The number of rotatable bonds is 4. The second-order valence-electron chi connectivity index (χ2n) is 4.90. The summed E-state index contributed by atoms with van der Waals surface area (Å²) in [4.78, 5) is 9.99. The van der Waals surface area contributed by atoms with Crippen LogP contribution in [-0.2, 0) is 6.54 Å². The van der Waals surface area contributed by atoms with E-state index in [1.165, 1.54) is 27.2 Å².